The fraction of sp³-hybridized carbons (Fsp3) is 0.650. The van der Waals surface area contributed by atoms with E-state index in [1.54, 1.807) is 7.11 Å². The molecule has 8 heteroatoms. The summed E-state index contributed by atoms with van der Waals surface area (Å²) in [7, 11) is 1.65. The van der Waals surface area contributed by atoms with Crippen molar-refractivity contribution in [3.05, 3.63) is 24.3 Å². The molecule has 2 rings (SSSR count). The maximum Gasteiger partial charge on any atom is 0.191 e. The van der Waals surface area contributed by atoms with Crippen molar-refractivity contribution in [1.82, 2.24) is 15.5 Å². The van der Waals surface area contributed by atoms with Crippen LogP contribution >= 0.6 is 24.0 Å². The number of rotatable bonds is 9. The molecule has 2 atom stereocenters. The summed E-state index contributed by atoms with van der Waals surface area (Å²) in [6.45, 7) is 12.1. The maximum absolute atomic E-state index is 5.99. The molecule has 0 radical (unpaired) electrons. The lowest BCUT2D eigenvalue weighted by Crippen LogP contribution is -2.45. The van der Waals surface area contributed by atoms with Crippen LogP contribution in [0.2, 0.25) is 0 Å². The highest BCUT2D eigenvalue weighted by Gasteiger charge is 2.17. The van der Waals surface area contributed by atoms with Crippen molar-refractivity contribution in [3.8, 4) is 11.5 Å². The normalized spacial score (nSPS) is 17.2. The fourth-order valence-electron chi connectivity index (χ4n) is 2.91. The van der Waals surface area contributed by atoms with Gasteiger partial charge in [-0.25, -0.2) is 0 Å². The largest absolute Gasteiger partial charge is 0.493 e. The van der Waals surface area contributed by atoms with Crippen molar-refractivity contribution in [2.75, 3.05) is 53.0 Å². The van der Waals surface area contributed by atoms with Crippen molar-refractivity contribution < 1.29 is 14.2 Å². The molecule has 2 unspecified atom stereocenters. The average molecular weight is 506 g/mol. The van der Waals surface area contributed by atoms with Crippen LogP contribution in [0, 0.1) is 0 Å². The molecule has 1 saturated heterocycles. The van der Waals surface area contributed by atoms with Gasteiger partial charge in [-0.15, -0.1) is 24.0 Å². The summed E-state index contributed by atoms with van der Waals surface area (Å²) < 4.78 is 16.8. The maximum atomic E-state index is 5.99. The predicted molar refractivity (Wildman–Crippen MR) is 124 cm³/mol. The van der Waals surface area contributed by atoms with E-state index in [1.165, 1.54) is 0 Å². The summed E-state index contributed by atoms with van der Waals surface area (Å²) in [5, 5.41) is 6.66. The molecule has 1 aliphatic rings. The molecular weight excluding hydrogens is 471 g/mol. The number of nitrogens with one attached hydrogen (secondary N) is 2. The smallest absolute Gasteiger partial charge is 0.191 e. The molecular formula is C20H35IN4O3. The molecule has 0 bridgehead atoms. The number of morpholine rings is 1. The standard InChI is InChI=1S/C20H34N4O3.HI/c1-5-21-20(22-14-16(2)24-10-12-26-13-11-24)23-15-17(3)27-19-9-7-6-8-18(19)25-4;/h6-9,16-17H,5,10-15H2,1-4H3,(H2,21,22,23);1H. The summed E-state index contributed by atoms with van der Waals surface area (Å²) in [6.07, 6.45) is -0.0261. The number of nitrogens with zero attached hydrogens (tertiary/aromatic N) is 2. The van der Waals surface area contributed by atoms with E-state index in [9.17, 15) is 0 Å². The SMILES string of the molecule is CCNC(=NCC(C)N1CCOCC1)NCC(C)Oc1ccccc1OC.I. The molecule has 1 heterocycles. The number of ether oxygens (including phenoxy) is 3. The molecule has 0 spiro atoms. The molecule has 2 N–H and O–H groups in total. The van der Waals surface area contributed by atoms with Crippen molar-refractivity contribution in [1.29, 1.82) is 0 Å². The van der Waals surface area contributed by atoms with Crippen LogP contribution in [0.1, 0.15) is 20.8 Å². The van der Waals surface area contributed by atoms with Crippen LogP contribution in [0.3, 0.4) is 0 Å². The summed E-state index contributed by atoms with van der Waals surface area (Å²) in [4.78, 5) is 7.15. The minimum Gasteiger partial charge on any atom is -0.493 e. The molecule has 1 fully saturated rings. The first-order valence-corrected chi connectivity index (χ1v) is 9.77. The average Bonchev–Trinajstić information content (AvgIpc) is 2.71. The zero-order chi connectivity index (χ0) is 19.5. The van der Waals surface area contributed by atoms with E-state index >= 15 is 0 Å². The first kappa shape index (κ1) is 24.8. The Morgan fingerprint density at radius 1 is 1.18 bits per heavy atom. The number of hydrogen-bond acceptors (Lipinski definition) is 5. The summed E-state index contributed by atoms with van der Waals surface area (Å²) >= 11 is 0. The van der Waals surface area contributed by atoms with Crippen molar-refractivity contribution in [3.63, 3.8) is 0 Å². The van der Waals surface area contributed by atoms with E-state index in [0.717, 1.165) is 56.9 Å². The molecule has 1 aliphatic heterocycles. The molecule has 160 valence electrons. The lowest BCUT2D eigenvalue weighted by Gasteiger charge is -2.31. The second-order valence-corrected chi connectivity index (χ2v) is 6.68. The quantitative estimate of drug-likeness (QED) is 0.305. The highest BCUT2D eigenvalue weighted by atomic mass is 127. The highest BCUT2D eigenvalue weighted by Crippen LogP contribution is 2.26. The van der Waals surface area contributed by atoms with Gasteiger partial charge in [0.2, 0.25) is 0 Å². The fourth-order valence-corrected chi connectivity index (χ4v) is 2.91. The molecule has 1 aromatic carbocycles. The molecule has 1 aromatic rings. The lowest BCUT2D eigenvalue weighted by molar-refractivity contribution is 0.0220. The Balaban J connectivity index is 0.00000392. The third-order valence-corrected chi connectivity index (χ3v) is 4.48. The van der Waals surface area contributed by atoms with Gasteiger partial charge in [-0.2, -0.15) is 0 Å². The molecule has 0 aromatic heterocycles. The van der Waals surface area contributed by atoms with Gasteiger partial charge < -0.3 is 24.8 Å². The predicted octanol–water partition coefficient (Wildman–Crippen LogP) is 2.36. The number of methoxy groups -OCH3 is 1. The number of para-hydroxylation sites is 2. The number of halogens is 1. The Bertz CT molecular complexity index is 582. The van der Waals surface area contributed by atoms with Crippen LogP contribution in [-0.4, -0.2) is 76.1 Å². The van der Waals surface area contributed by atoms with Gasteiger partial charge in [0.05, 0.1) is 33.4 Å². The van der Waals surface area contributed by atoms with Crippen LogP contribution in [0.5, 0.6) is 11.5 Å². The summed E-state index contributed by atoms with van der Waals surface area (Å²) in [6, 6.07) is 8.08. The van der Waals surface area contributed by atoms with Gasteiger partial charge in [0.15, 0.2) is 17.5 Å². The number of benzene rings is 1. The Hall–Kier alpha value is -1.26. The van der Waals surface area contributed by atoms with Gasteiger partial charge in [-0.3, -0.25) is 9.89 Å². The van der Waals surface area contributed by atoms with Crippen LogP contribution in [0.15, 0.2) is 29.3 Å². The summed E-state index contributed by atoms with van der Waals surface area (Å²) in [5.74, 6) is 2.30. The van der Waals surface area contributed by atoms with E-state index in [0.29, 0.717) is 12.6 Å². The zero-order valence-corrected chi connectivity index (χ0v) is 19.8. The summed E-state index contributed by atoms with van der Waals surface area (Å²) in [5.41, 5.74) is 0. The molecule has 0 saturated carbocycles. The topological polar surface area (TPSA) is 67.4 Å². The van der Waals surface area contributed by atoms with E-state index in [2.05, 4.69) is 29.4 Å². The van der Waals surface area contributed by atoms with E-state index < -0.39 is 0 Å². The number of aliphatic imine (C=N–C) groups is 1. The van der Waals surface area contributed by atoms with Crippen LogP contribution in [0.25, 0.3) is 0 Å². The third kappa shape index (κ3) is 8.40. The van der Waals surface area contributed by atoms with Gasteiger partial charge in [0, 0.05) is 25.7 Å². The minimum absolute atomic E-state index is 0. The second kappa shape index (κ2) is 13.8. The van der Waals surface area contributed by atoms with Gasteiger partial charge in [0.1, 0.15) is 6.10 Å². The van der Waals surface area contributed by atoms with E-state index in [-0.39, 0.29) is 30.1 Å². The van der Waals surface area contributed by atoms with Gasteiger partial charge in [-0.1, -0.05) is 12.1 Å². The monoisotopic (exact) mass is 506 g/mol. The van der Waals surface area contributed by atoms with Crippen molar-refractivity contribution >= 4 is 29.9 Å². The first-order valence-electron chi connectivity index (χ1n) is 9.77. The number of guanidine groups is 1. The molecule has 28 heavy (non-hydrogen) atoms. The Morgan fingerprint density at radius 2 is 1.86 bits per heavy atom. The third-order valence-electron chi connectivity index (χ3n) is 4.48. The van der Waals surface area contributed by atoms with Gasteiger partial charge in [0.25, 0.3) is 0 Å². The molecule has 7 nitrogen and oxygen atoms in total. The van der Waals surface area contributed by atoms with Crippen LogP contribution in [-0.2, 0) is 4.74 Å². The lowest BCUT2D eigenvalue weighted by atomic mass is 10.2. The molecule has 0 aliphatic carbocycles. The van der Waals surface area contributed by atoms with Crippen LogP contribution < -0.4 is 20.1 Å². The number of hydrogen-bond donors (Lipinski definition) is 2. The van der Waals surface area contributed by atoms with Crippen LogP contribution in [0.4, 0.5) is 0 Å². The van der Waals surface area contributed by atoms with Gasteiger partial charge >= 0.3 is 0 Å². The van der Waals surface area contributed by atoms with E-state index in [1.807, 2.05) is 31.2 Å². The van der Waals surface area contributed by atoms with Crippen molar-refractivity contribution in [2.24, 2.45) is 4.99 Å². The highest BCUT2D eigenvalue weighted by molar-refractivity contribution is 14.0. The van der Waals surface area contributed by atoms with Gasteiger partial charge in [-0.05, 0) is 32.9 Å². The second-order valence-electron chi connectivity index (χ2n) is 6.68. The minimum atomic E-state index is -0.0261. The Labute approximate surface area is 186 Å². The first-order chi connectivity index (χ1) is 13.1. The molecule has 0 amide bonds. The van der Waals surface area contributed by atoms with E-state index in [4.69, 9.17) is 19.2 Å². The Kier molecular flexibility index (Phi) is 12.2. The Morgan fingerprint density at radius 3 is 2.50 bits per heavy atom. The zero-order valence-electron chi connectivity index (χ0n) is 17.4. The van der Waals surface area contributed by atoms with Crippen molar-refractivity contribution in [2.45, 2.75) is 32.9 Å².